The lowest BCUT2D eigenvalue weighted by Crippen LogP contribution is -2.54. The molecule has 3 atom stereocenters. The van der Waals surface area contributed by atoms with Crippen LogP contribution in [0.1, 0.15) is 53.9 Å². The van der Waals surface area contributed by atoms with Gasteiger partial charge in [-0.25, -0.2) is 8.42 Å². The summed E-state index contributed by atoms with van der Waals surface area (Å²) in [6.07, 6.45) is 3.12. The number of fused-ring (bicyclic) bond motifs is 1. The predicted molar refractivity (Wildman–Crippen MR) is 198 cm³/mol. The second-order valence-electron chi connectivity index (χ2n) is 14.0. The van der Waals surface area contributed by atoms with Crippen molar-refractivity contribution < 1.29 is 36.8 Å². The van der Waals surface area contributed by atoms with Crippen LogP contribution in [0.4, 0.5) is 5.69 Å². The fraction of sp³-hybridized carbons (Fsp3) is 0.550. The van der Waals surface area contributed by atoms with Gasteiger partial charge >= 0.3 is 0 Å². The lowest BCUT2D eigenvalue weighted by Gasteiger charge is -2.43. The summed E-state index contributed by atoms with van der Waals surface area (Å²) in [5.41, 5.74) is 5.18. The zero-order chi connectivity index (χ0) is 35.8. The van der Waals surface area contributed by atoms with Crippen LogP contribution in [0.2, 0.25) is 0 Å². The number of rotatable bonds is 18. The summed E-state index contributed by atoms with van der Waals surface area (Å²) >= 11 is 0. The molecule has 2 fully saturated rings. The SMILES string of the molecule is COCCCO[C@@H]1CN(S(=O)(=O)c2ccc(C)cc2)C[C@H](OCc2ccc3c(c2)N(CCCOC)CCO3)[C@H]1c1ccc(OCC2CC2)cc1C. The number of hydrogen-bond donors (Lipinski definition) is 0. The van der Waals surface area contributed by atoms with Crippen molar-refractivity contribution in [3.05, 3.63) is 82.9 Å². The number of nitrogens with zero attached hydrogens (tertiary/aromatic N) is 2. The highest BCUT2D eigenvalue weighted by atomic mass is 32.2. The molecule has 3 aromatic carbocycles. The van der Waals surface area contributed by atoms with Gasteiger partial charge in [-0.2, -0.15) is 4.31 Å². The van der Waals surface area contributed by atoms with Crippen molar-refractivity contribution in [2.75, 3.05) is 78.3 Å². The van der Waals surface area contributed by atoms with E-state index in [1.165, 1.54) is 12.8 Å². The zero-order valence-electron chi connectivity index (χ0n) is 30.6. The van der Waals surface area contributed by atoms with Crippen molar-refractivity contribution in [3.63, 3.8) is 0 Å². The first-order valence-electron chi connectivity index (χ1n) is 18.3. The maximum Gasteiger partial charge on any atom is 0.243 e. The van der Waals surface area contributed by atoms with E-state index in [-0.39, 0.29) is 23.9 Å². The Morgan fingerprint density at radius 3 is 2.31 bits per heavy atom. The van der Waals surface area contributed by atoms with E-state index in [1.54, 1.807) is 30.7 Å². The van der Waals surface area contributed by atoms with Crippen molar-refractivity contribution in [2.45, 2.75) is 69.2 Å². The molecule has 10 nitrogen and oxygen atoms in total. The molecule has 0 N–H and O–H groups in total. The Kier molecular flexibility index (Phi) is 12.9. The van der Waals surface area contributed by atoms with E-state index >= 15 is 0 Å². The first-order chi connectivity index (χ1) is 24.8. The van der Waals surface area contributed by atoms with Crippen LogP contribution in [0.3, 0.4) is 0 Å². The molecule has 0 radical (unpaired) electrons. The summed E-state index contributed by atoms with van der Waals surface area (Å²) < 4.78 is 66.1. The number of hydrogen-bond acceptors (Lipinski definition) is 9. The van der Waals surface area contributed by atoms with Crippen LogP contribution in [0.15, 0.2) is 65.6 Å². The number of sulfonamides is 1. The highest BCUT2D eigenvalue weighted by Crippen LogP contribution is 2.39. The van der Waals surface area contributed by atoms with Crippen molar-refractivity contribution in [1.82, 2.24) is 4.31 Å². The molecule has 2 aliphatic heterocycles. The van der Waals surface area contributed by atoms with Crippen LogP contribution in [-0.4, -0.2) is 98.4 Å². The second-order valence-corrected chi connectivity index (χ2v) is 16.0. The molecular formula is C40H54N2O8S. The molecule has 0 bridgehead atoms. The van der Waals surface area contributed by atoms with Gasteiger partial charge < -0.3 is 33.3 Å². The number of anilines is 1. The Morgan fingerprint density at radius 1 is 0.843 bits per heavy atom. The number of piperidine rings is 1. The Hall–Kier alpha value is -3.19. The van der Waals surface area contributed by atoms with Gasteiger partial charge in [-0.05, 0) is 98.5 Å². The normalized spacial score (nSPS) is 20.9. The number of benzene rings is 3. The molecule has 1 saturated heterocycles. The van der Waals surface area contributed by atoms with E-state index in [0.717, 1.165) is 65.6 Å². The van der Waals surface area contributed by atoms with E-state index in [0.29, 0.717) is 45.4 Å². The maximum absolute atomic E-state index is 14.2. The average molecular weight is 723 g/mol. The second kappa shape index (κ2) is 17.6. The lowest BCUT2D eigenvalue weighted by molar-refractivity contribution is -0.0807. The third-order valence-electron chi connectivity index (χ3n) is 10.1. The third-order valence-corrected chi connectivity index (χ3v) is 11.9. The summed E-state index contributed by atoms with van der Waals surface area (Å²) in [5, 5.41) is 0. The zero-order valence-corrected chi connectivity index (χ0v) is 31.4. The highest BCUT2D eigenvalue weighted by Gasteiger charge is 2.44. The molecule has 0 amide bonds. The molecule has 1 saturated carbocycles. The van der Waals surface area contributed by atoms with Crippen molar-refractivity contribution in [3.8, 4) is 11.5 Å². The molecule has 0 spiro atoms. The molecule has 51 heavy (non-hydrogen) atoms. The molecule has 3 aromatic rings. The Balaban J connectivity index is 1.30. The van der Waals surface area contributed by atoms with Crippen molar-refractivity contribution in [2.24, 2.45) is 5.92 Å². The first-order valence-corrected chi connectivity index (χ1v) is 19.7. The van der Waals surface area contributed by atoms with Crippen LogP contribution in [0.25, 0.3) is 0 Å². The van der Waals surface area contributed by atoms with E-state index in [2.05, 4.69) is 30.0 Å². The van der Waals surface area contributed by atoms with Crippen LogP contribution < -0.4 is 14.4 Å². The van der Waals surface area contributed by atoms with Crippen molar-refractivity contribution >= 4 is 15.7 Å². The maximum atomic E-state index is 14.2. The molecule has 2 heterocycles. The van der Waals surface area contributed by atoms with Crippen LogP contribution in [-0.2, 0) is 35.6 Å². The van der Waals surface area contributed by atoms with Gasteiger partial charge in [-0.1, -0.05) is 29.8 Å². The van der Waals surface area contributed by atoms with Crippen LogP contribution in [0.5, 0.6) is 11.5 Å². The third kappa shape index (κ3) is 9.63. The van der Waals surface area contributed by atoms with E-state index < -0.39 is 22.2 Å². The molecule has 11 heteroatoms. The molecule has 278 valence electrons. The Labute approximate surface area is 304 Å². The fourth-order valence-electron chi connectivity index (χ4n) is 7.00. The summed E-state index contributed by atoms with van der Waals surface area (Å²) in [5.74, 6) is 2.14. The largest absolute Gasteiger partial charge is 0.493 e. The molecular weight excluding hydrogens is 669 g/mol. The monoisotopic (exact) mass is 722 g/mol. The van der Waals surface area contributed by atoms with Gasteiger partial charge in [0, 0.05) is 59.6 Å². The Morgan fingerprint density at radius 2 is 1.59 bits per heavy atom. The molecule has 0 aromatic heterocycles. The van der Waals surface area contributed by atoms with Gasteiger partial charge in [0.15, 0.2) is 0 Å². The number of aryl methyl sites for hydroxylation is 2. The molecule has 3 aliphatic rings. The van der Waals surface area contributed by atoms with E-state index in [1.807, 2.05) is 37.3 Å². The minimum atomic E-state index is -3.83. The quantitative estimate of drug-likeness (QED) is 0.144. The molecule has 6 rings (SSSR count). The summed E-state index contributed by atoms with van der Waals surface area (Å²) in [6.45, 7) is 9.48. The van der Waals surface area contributed by atoms with Gasteiger partial charge in [0.2, 0.25) is 10.0 Å². The summed E-state index contributed by atoms with van der Waals surface area (Å²) in [4.78, 5) is 2.60. The minimum absolute atomic E-state index is 0.190. The predicted octanol–water partition coefficient (Wildman–Crippen LogP) is 6.12. The number of methoxy groups -OCH3 is 2. The van der Waals surface area contributed by atoms with Crippen LogP contribution >= 0.6 is 0 Å². The standard InChI is InChI=1S/C40H54N2O8S/c1-29-7-13-34(14-8-29)51(43,44)42-25-38(47-21-6-20-46-4)40(35-15-12-33(23-30(35)2)49-27-31-9-10-31)39(26-42)50-28-32-11-16-37-36(24-32)41(18-22-48-37)17-5-19-45-3/h7-8,11-16,23-24,31,38-40H,5-6,9-10,17-22,25-28H2,1-4H3/t38-,39+,40+/m1/s1. The molecule has 0 unspecified atom stereocenters. The summed E-state index contributed by atoms with van der Waals surface area (Å²) in [7, 11) is -0.434. The Bertz CT molecular complexity index is 1680. The van der Waals surface area contributed by atoms with Gasteiger partial charge in [-0.15, -0.1) is 0 Å². The van der Waals surface area contributed by atoms with E-state index in [4.69, 9.17) is 28.4 Å². The first kappa shape index (κ1) is 37.6. The van der Waals surface area contributed by atoms with Gasteiger partial charge in [0.1, 0.15) is 18.1 Å². The van der Waals surface area contributed by atoms with Gasteiger partial charge in [-0.3, -0.25) is 0 Å². The fourth-order valence-corrected chi connectivity index (χ4v) is 8.47. The highest BCUT2D eigenvalue weighted by molar-refractivity contribution is 7.89. The lowest BCUT2D eigenvalue weighted by atomic mass is 9.83. The van der Waals surface area contributed by atoms with E-state index in [9.17, 15) is 8.42 Å². The smallest absolute Gasteiger partial charge is 0.243 e. The number of ether oxygens (including phenoxy) is 6. The molecule has 1 aliphatic carbocycles. The average Bonchev–Trinajstić information content (AvgIpc) is 3.97. The summed E-state index contributed by atoms with van der Waals surface area (Å²) in [6, 6.07) is 19.4. The van der Waals surface area contributed by atoms with Crippen LogP contribution in [0, 0.1) is 19.8 Å². The van der Waals surface area contributed by atoms with Gasteiger partial charge in [0.25, 0.3) is 0 Å². The topological polar surface area (TPSA) is 96.0 Å². The van der Waals surface area contributed by atoms with Gasteiger partial charge in [0.05, 0.1) is 42.5 Å². The van der Waals surface area contributed by atoms with Crippen molar-refractivity contribution in [1.29, 1.82) is 0 Å². The minimum Gasteiger partial charge on any atom is -0.493 e.